The average Bonchev–Trinajstić information content (AvgIpc) is 3.37. The summed E-state index contributed by atoms with van der Waals surface area (Å²) in [5, 5.41) is 10.6. The Morgan fingerprint density at radius 2 is 1.69 bits per heavy atom. The van der Waals surface area contributed by atoms with Crippen LogP contribution in [0.4, 0.5) is 4.79 Å². The van der Waals surface area contributed by atoms with Gasteiger partial charge in [-0.3, -0.25) is 19.2 Å². The second kappa shape index (κ2) is 15.5. The largest absolute Gasteiger partial charge is 0.379 e. The van der Waals surface area contributed by atoms with Gasteiger partial charge in [0.15, 0.2) is 9.84 Å². The molecule has 5 amide bonds. The van der Waals surface area contributed by atoms with Crippen molar-refractivity contribution in [2.24, 2.45) is 17.3 Å². The first-order valence-corrected chi connectivity index (χ1v) is 20.0. The van der Waals surface area contributed by atoms with Gasteiger partial charge in [0.25, 0.3) is 5.91 Å². The van der Waals surface area contributed by atoms with Crippen LogP contribution in [-0.4, -0.2) is 104 Å². The predicted octanol–water partition coefficient (Wildman–Crippen LogP) is 2.14. The Bertz CT molecular complexity index is 1390. The van der Waals surface area contributed by atoms with Gasteiger partial charge in [-0.05, 0) is 55.8 Å². The van der Waals surface area contributed by atoms with Crippen LogP contribution in [0.3, 0.4) is 0 Å². The highest BCUT2D eigenvalue weighted by Crippen LogP contribution is 2.65. The van der Waals surface area contributed by atoms with Gasteiger partial charge in [-0.25, -0.2) is 13.2 Å². The van der Waals surface area contributed by atoms with Gasteiger partial charge < -0.3 is 30.9 Å². The molecule has 2 aliphatic carbocycles. The maximum Gasteiger partial charge on any atom is 0.315 e. The summed E-state index contributed by atoms with van der Waals surface area (Å²) >= 11 is 0. The fourth-order valence-corrected chi connectivity index (χ4v) is 11.3. The maximum absolute atomic E-state index is 14.3. The molecule has 5 aliphatic rings. The predicted molar refractivity (Wildman–Crippen MR) is 183 cm³/mol. The summed E-state index contributed by atoms with van der Waals surface area (Å²) in [5.74, 6) is -2.49. The van der Waals surface area contributed by atoms with Crippen molar-refractivity contribution >= 4 is 39.4 Å². The molecule has 3 saturated heterocycles. The van der Waals surface area contributed by atoms with Crippen molar-refractivity contribution in [3.8, 4) is 0 Å². The van der Waals surface area contributed by atoms with Crippen molar-refractivity contribution < 1.29 is 37.1 Å². The van der Waals surface area contributed by atoms with Crippen molar-refractivity contribution in [2.45, 2.75) is 126 Å². The zero-order valence-electron chi connectivity index (χ0n) is 29.1. The first-order valence-electron chi connectivity index (χ1n) is 18.2. The third-order valence-electron chi connectivity index (χ3n) is 11.7. The van der Waals surface area contributed by atoms with Crippen LogP contribution < -0.4 is 21.3 Å². The van der Waals surface area contributed by atoms with Gasteiger partial charge in [-0.1, -0.05) is 64.9 Å². The number of rotatable bonds is 7. The minimum absolute atomic E-state index is 0.0489. The molecule has 5 fully saturated rings. The fraction of sp³-hybridized carbons (Fsp3) is 0.800. The number of sulfone groups is 1. The number of hydrogen-bond donors (Lipinski definition) is 4. The maximum atomic E-state index is 14.3. The molecule has 4 N–H and O–H groups in total. The van der Waals surface area contributed by atoms with Gasteiger partial charge in [0.05, 0.1) is 29.2 Å². The highest BCUT2D eigenvalue weighted by molar-refractivity contribution is 7.92. The third kappa shape index (κ3) is 8.16. The number of hydrogen-bond acceptors (Lipinski definition) is 8. The van der Waals surface area contributed by atoms with Crippen LogP contribution in [0.5, 0.6) is 0 Å². The minimum Gasteiger partial charge on any atom is -0.379 e. The number of nitrogens with zero attached hydrogens (tertiary/aromatic N) is 1. The van der Waals surface area contributed by atoms with Crippen LogP contribution >= 0.6 is 0 Å². The molecular weight excluding hydrogens is 650 g/mol. The molecule has 3 heterocycles. The second-order valence-electron chi connectivity index (χ2n) is 15.3. The first kappa shape index (κ1) is 37.3. The van der Waals surface area contributed by atoms with E-state index in [4.69, 9.17) is 4.74 Å². The van der Waals surface area contributed by atoms with Crippen molar-refractivity contribution in [1.82, 2.24) is 26.2 Å². The molecule has 0 aromatic rings. The minimum atomic E-state index is -3.36. The van der Waals surface area contributed by atoms with E-state index in [9.17, 15) is 32.4 Å². The van der Waals surface area contributed by atoms with Crippen LogP contribution in [0.25, 0.3) is 0 Å². The van der Waals surface area contributed by atoms with Crippen LogP contribution in [0.2, 0.25) is 0 Å². The SMILES string of the molecule is C=CCNC(=O)C(=O)[C@H]1CCCCCCCOC[C@@H](NC(=O)NC2([C@H]3CCCS3(=O)=O)CCCCC2)C(=O)N2C[C@H]3[C@@H]([C@H]2C(=O)N1)C3(C)C. The first-order chi connectivity index (χ1) is 23.3. The standard InChI is InChI=1S/C35H55N5O8S/c1-4-18-36-31(43)29(41)24-14-9-6-5-7-12-19-48-22-25(32(44)40-21-23-27(34(23,2)3)28(40)30(42)37-24)38-33(45)39-35(16-10-8-11-17-35)26-15-13-20-49(26,46)47/h4,23-28H,1,5-22H2,2-3H3,(H,36,43)(H,37,42)(H2,38,39,45)/t23-,24+,25+,26+,27-,28-/m0/s1. The van der Waals surface area contributed by atoms with E-state index in [-0.39, 0.29) is 36.2 Å². The van der Waals surface area contributed by atoms with Crippen LogP contribution in [0.15, 0.2) is 12.7 Å². The molecule has 5 rings (SSSR count). The molecule has 0 spiro atoms. The normalized spacial score (nSPS) is 32.9. The molecule has 2 saturated carbocycles. The van der Waals surface area contributed by atoms with Gasteiger partial charge in [-0.15, -0.1) is 6.58 Å². The number of piperidine rings is 1. The monoisotopic (exact) mass is 705 g/mol. The Hall–Kier alpha value is -3.00. The quantitative estimate of drug-likeness (QED) is 0.230. The number of urea groups is 1. The smallest absolute Gasteiger partial charge is 0.315 e. The lowest BCUT2D eigenvalue weighted by Crippen LogP contribution is -2.64. The summed E-state index contributed by atoms with van der Waals surface area (Å²) in [6.45, 7) is 8.37. The summed E-state index contributed by atoms with van der Waals surface area (Å²) < 4.78 is 32.1. The Morgan fingerprint density at radius 3 is 2.39 bits per heavy atom. The van der Waals surface area contributed by atoms with E-state index < -0.39 is 68.3 Å². The molecule has 274 valence electrons. The molecule has 13 nitrogen and oxygen atoms in total. The van der Waals surface area contributed by atoms with E-state index in [2.05, 4.69) is 41.7 Å². The molecule has 6 atom stereocenters. The van der Waals surface area contributed by atoms with Gasteiger partial charge in [0.2, 0.25) is 17.6 Å². The molecule has 3 aliphatic heterocycles. The van der Waals surface area contributed by atoms with Gasteiger partial charge in [0.1, 0.15) is 12.1 Å². The van der Waals surface area contributed by atoms with Crippen molar-refractivity contribution in [3.05, 3.63) is 12.7 Å². The lowest BCUT2D eigenvalue weighted by Gasteiger charge is -2.42. The summed E-state index contributed by atoms with van der Waals surface area (Å²) in [4.78, 5) is 69.5. The van der Waals surface area contributed by atoms with Crippen molar-refractivity contribution in [2.75, 3.05) is 32.1 Å². The molecule has 0 aromatic heterocycles. The van der Waals surface area contributed by atoms with E-state index in [1.165, 1.54) is 11.0 Å². The number of fused-ring (bicyclic) bond motifs is 3. The van der Waals surface area contributed by atoms with E-state index in [1.807, 2.05) is 0 Å². The Labute approximate surface area is 290 Å². The zero-order valence-corrected chi connectivity index (χ0v) is 29.9. The van der Waals surface area contributed by atoms with Crippen LogP contribution in [-0.2, 0) is 33.8 Å². The molecule has 14 heteroatoms. The van der Waals surface area contributed by atoms with Gasteiger partial charge in [0, 0.05) is 19.7 Å². The van der Waals surface area contributed by atoms with Crippen molar-refractivity contribution in [1.29, 1.82) is 0 Å². The van der Waals surface area contributed by atoms with Crippen molar-refractivity contribution in [3.63, 3.8) is 0 Å². The summed E-state index contributed by atoms with van der Waals surface area (Å²) in [5.41, 5.74) is -1.11. The summed E-state index contributed by atoms with van der Waals surface area (Å²) in [7, 11) is -3.36. The number of Topliss-reactive ketones (excluding diaryl/α,β-unsaturated/α-hetero) is 1. The second-order valence-corrected chi connectivity index (χ2v) is 17.6. The van der Waals surface area contributed by atoms with Gasteiger partial charge >= 0.3 is 6.03 Å². The van der Waals surface area contributed by atoms with E-state index in [0.717, 1.165) is 44.9 Å². The number of amides is 5. The van der Waals surface area contributed by atoms with Crippen LogP contribution in [0.1, 0.15) is 97.3 Å². The summed E-state index contributed by atoms with van der Waals surface area (Å²) in [6, 6.07) is -3.67. The van der Waals surface area contributed by atoms with Crippen LogP contribution in [0, 0.1) is 17.3 Å². The molecular formula is C35H55N5O8S. The number of carbonyl (C=O) groups excluding carboxylic acids is 5. The number of ether oxygens (including phenoxy) is 1. The Morgan fingerprint density at radius 1 is 1.00 bits per heavy atom. The van der Waals surface area contributed by atoms with E-state index in [0.29, 0.717) is 51.7 Å². The highest BCUT2D eigenvalue weighted by Gasteiger charge is 2.69. The summed E-state index contributed by atoms with van der Waals surface area (Å²) in [6.07, 6.45) is 10.4. The van der Waals surface area contributed by atoms with Gasteiger partial charge in [-0.2, -0.15) is 0 Å². The Balaban J connectivity index is 1.37. The topological polar surface area (TPSA) is 180 Å². The third-order valence-corrected chi connectivity index (χ3v) is 14.2. The van der Waals surface area contributed by atoms with E-state index >= 15 is 0 Å². The molecule has 0 bridgehead atoms. The van der Waals surface area contributed by atoms with E-state index in [1.54, 1.807) is 0 Å². The number of ketones is 1. The zero-order chi connectivity index (χ0) is 35.4. The number of nitrogens with one attached hydrogen (secondary N) is 4. The lowest BCUT2D eigenvalue weighted by atomic mass is 9.78. The lowest BCUT2D eigenvalue weighted by molar-refractivity contribution is -0.144. The fourth-order valence-electron chi connectivity index (χ4n) is 8.95. The molecule has 0 aromatic carbocycles. The molecule has 49 heavy (non-hydrogen) atoms. The average molecular weight is 706 g/mol. The molecule has 0 radical (unpaired) electrons. The molecule has 0 unspecified atom stereocenters. The Kier molecular flexibility index (Phi) is 11.8. The highest BCUT2D eigenvalue weighted by atomic mass is 32.2. The number of carbonyl (C=O) groups is 5.